The first-order valence-electron chi connectivity index (χ1n) is 6.61. The molecule has 6 nitrogen and oxygen atoms in total. The van der Waals surface area contributed by atoms with Crippen molar-refractivity contribution in [3.63, 3.8) is 0 Å². The standard InChI is InChI=1S/C13H22N2O4/c1-4-15(8-12(17)19-3)11(16)5-6-14-13(18)10-7-9(10)2/h9-10H,4-8H2,1-3H3,(H,14,18). The minimum absolute atomic E-state index is 0.0244. The van der Waals surface area contributed by atoms with Crippen molar-refractivity contribution in [2.24, 2.45) is 11.8 Å². The molecule has 2 unspecified atom stereocenters. The minimum atomic E-state index is -0.439. The summed E-state index contributed by atoms with van der Waals surface area (Å²) in [5, 5.41) is 2.75. The maximum Gasteiger partial charge on any atom is 0.325 e. The number of rotatable bonds is 7. The maximum atomic E-state index is 11.8. The molecular weight excluding hydrogens is 248 g/mol. The van der Waals surface area contributed by atoms with Gasteiger partial charge in [0, 0.05) is 25.4 Å². The molecule has 2 atom stereocenters. The summed E-state index contributed by atoms with van der Waals surface area (Å²) < 4.78 is 4.52. The van der Waals surface area contributed by atoms with E-state index in [0.29, 0.717) is 19.0 Å². The van der Waals surface area contributed by atoms with Crippen molar-refractivity contribution >= 4 is 17.8 Å². The van der Waals surface area contributed by atoms with Crippen LogP contribution in [0.2, 0.25) is 0 Å². The van der Waals surface area contributed by atoms with E-state index in [1.807, 2.05) is 6.92 Å². The third kappa shape index (κ3) is 4.89. The Hall–Kier alpha value is -1.59. The van der Waals surface area contributed by atoms with Crippen molar-refractivity contribution in [3.05, 3.63) is 0 Å². The zero-order valence-corrected chi connectivity index (χ0v) is 11.8. The van der Waals surface area contributed by atoms with Gasteiger partial charge in [0.25, 0.3) is 0 Å². The second-order valence-electron chi connectivity index (χ2n) is 4.84. The van der Waals surface area contributed by atoms with E-state index in [0.717, 1.165) is 6.42 Å². The van der Waals surface area contributed by atoms with Crippen molar-refractivity contribution in [1.82, 2.24) is 10.2 Å². The molecule has 0 saturated heterocycles. The van der Waals surface area contributed by atoms with Gasteiger partial charge < -0.3 is 15.0 Å². The first-order valence-corrected chi connectivity index (χ1v) is 6.61. The SMILES string of the molecule is CCN(CC(=O)OC)C(=O)CCNC(=O)C1CC1C. The van der Waals surface area contributed by atoms with Crippen LogP contribution < -0.4 is 5.32 Å². The van der Waals surface area contributed by atoms with Crippen LogP contribution in [0.25, 0.3) is 0 Å². The third-order valence-corrected chi connectivity index (χ3v) is 3.37. The van der Waals surface area contributed by atoms with Crippen LogP contribution in [0, 0.1) is 11.8 Å². The molecular formula is C13H22N2O4. The number of likely N-dealkylation sites (N-methyl/N-ethyl adjacent to an activating group) is 1. The third-order valence-electron chi connectivity index (χ3n) is 3.37. The van der Waals surface area contributed by atoms with Crippen LogP contribution in [0.1, 0.15) is 26.7 Å². The Kier molecular flexibility index (Phi) is 5.79. The Morgan fingerprint density at radius 2 is 2.00 bits per heavy atom. The van der Waals surface area contributed by atoms with E-state index in [4.69, 9.17) is 0 Å². The summed E-state index contributed by atoms with van der Waals surface area (Å²) >= 11 is 0. The number of ether oxygens (including phenoxy) is 1. The van der Waals surface area contributed by atoms with E-state index in [9.17, 15) is 14.4 Å². The molecule has 0 aromatic heterocycles. The molecule has 0 bridgehead atoms. The van der Waals surface area contributed by atoms with Crippen molar-refractivity contribution in [1.29, 1.82) is 0 Å². The zero-order valence-electron chi connectivity index (χ0n) is 11.8. The normalized spacial score (nSPS) is 20.6. The summed E-state index contributed by atoms with van der Waals surface area (Å²) in [5.41, 5.74) is 0. The van der Waals surface area contributed by atoms with Gasteiger partial charge in [-0.05, 0) is 19.3 Å². The van der Waals surface area contributed by atoms with Crippen molar-refractivity contribution in [2.75, 3.05) is 26.7 Å². The van der Waals surface area contributed by atoms with Gasteiger partial charge >= 0.3 is 5.97 Å². The highest BCUT2D eigenvalue weighted by molar-refractivity contribution is 5.84. The number of carbonyl (C=O) groups excluding carboxylic acids is 3. The maximum absolute atomic E-state index is 11.8. The first-order chi connectivity index (χ1) is 8.99. The van der Waals surface area contributed by atoms with Crippen LogP contribution in [-0.4, -0.2) is 49.4 Å². The quantitative estimate of drug-likeness (QED) is 0.669. The predicted molar refractivity (Wildman–Crippen MR) is 69.2 cm³/mol. The molecule has 1 N–H and O–H groups in total. The number of nitrogens with one attached hydrogen (secondary N) is 1. The minimum Gasteiger partial charge on any atom is -0.468 e. The molecule has 1 fully saturated rings. The number of hydrogen-bond donors (Lipinski definition) is 1. The highest BCUT2D eigenvalue weighted by atomic mass is 16.5. The van der Waals surface area contributed by atoms with E-state index in [2.05, 4.69) is 10.1 Å². The second-order valence-corrected chi connectivity index (χ2v) is 4.84. The van der Waals surface area contributed by atoms with Crippen molar-refractivity contribution in [3.8, 4) is 0 Å². The van der Waals surface area contributed by atoms with Crippen LogP contribution >= 0.6 is 0 Å². The van der Waals surface area contributed by atoms with Gasteiger partial charge in [0.2, 0.25) is 11.8 Å². The molecule has 0 aromatic carbocycles. The lowest BCUT2D eigenvalue weighted by Gasteiger charge is -2.19. The van der Waals surface area contributed by atoms with Crippen LogP contribution in [0.4, 0.5) is 0 Å². The number of esters is 1. The molecule has 0 aromatic rings. The zero-order chi connectivity index (χ0) is 14.4. The van der Waals surface area contributed by atoms with Gasteiger partial charge in [-0.25, -0.2) is 0 Å². The highest BCUT2D eigenvalue weighted by Crippen LogP contribution is 2.37. The van der Waals surface area contributed by atoms with Gasteiger partial charge in [-0.3, -0.25) is 14.4 Å². The fourth-order valence-corrected chi connectivity index (χ4v) is 1.87. The Labute approximate surface area is 113 Å². The fraction of sp³-hybridized carbons (Fsp3) is 0.769. The monoisotopic (exact) mass is 270 g/mol. The number of carbonyl (C=O) groups is 3. The lowest BCUT2D eigenvalue weighted by Crippen LogP contribution is -2.38. The Morgan fingerprint density at radius 3 is 2.47 bits per heavy atom. The Balaban J connectivity index is 2.24. The van der Waals surface area contributed by atoms with E-state index in [-0.39, 0.29) is 30.7 Å². The molecule has 108 valence electrons. The molecule has 1 aliphatic rings. The largest absolute Gasteiger partial charge is 0.468 e. The van der Waals surface area contributed by atoms with Gasteiger partial charge in [0.15, 0.2) is 0 Å². The van der Waals surface area contributed by atoms with Gasteiger partial charge in [0.1, 0.15) is 6.54 Å². The lowest BCUT2D eigenvalue weighted by atomic mass is 10.3. The van der Waals surface area contributed by atoms with Gasteiger partial charge in [-0.2, -0.15) is 0 Å². The molecule has 0 heterocycles. The van der Waals surface area contributed by atoms with Crippen LogP contribution in [0.5, 0.6) is 0 Å². The first kappa shape index (κ1) is 15.5. The molecule has 6 heteroatoms. The average molecular weight is 270 g/mol. The van der Waals surface area contributed by atoms with E-state index >= 15 is 0 Å². The summed E-state index contributed by atoms with van der Waals surface area (Å²) in [4.78, 5) is 35.9. The van der Waals surface area contributed by atoms with E-state index < -0.39 is 5.97 Å². The van der Waals surface area contributed by atoms with Crippen LogP contribution in [0.15, 0.2) is 0 Å². The Morgan fingerprint density at radius 1 is 1.37 bits per heavy atom. The summed E-state index contributed by atoms with van der Waals surface area (Å²) in [5.74, 6) is 0.00835. The number of hydrogen-bond acceptors (Lipinski definition) is 4. The van der Waals surface area contributed by atoms with Crippen LogP contribution in [-0.2, 0) is 19.1 Å². The topological polar surface area (TPSA) is 75.7 Å². The average Bonchev–Trinajstić information content (AvgIpc) is 3.12. The molecule has 1 saturated carbocycles. The van der Waals surface area contributed by atoms with Gasteiger partial charge in [-0.15, -0.1) is 0 Å². The summed E-state index contributed by atoms with van der Waals surface area (Å²) in [7, 11) is 1.29. The number of nitrogens with zero attached hydrogens (tertiary/aromatic N) is 1. The smallest absolute Gasteiger partial charge is 0.325 e. The predicted octanol–water partition coefficient (Wildman–Crippen LogP) is 0.170. The number of amides is 2. The Bertz CT molecular complexity index is 357. The van der Waals surface area contributed by atoms with Gasteiger partial charge in [0.05, 0.1) is 7.11 Å². The van der Waals surface area contributed by atoms with E-state index in [1.165, 1.54) is 12.0 Å². The molecule has 1 aliphatic carbocycles. The molecule has 0 radical (unpaired) electrons. The molecule has 0 spiro atoms. The summed E-state index contributed by atoms with van der Waals surface area (Å²) in [6.07, 6.45) is 1.14. The molecule has 0 aliphatic heterocycles. The van der Waals surface area contributed by atoms with Crippen LogP contribution in [0.3, 0.4) is 0 Å². The molecule has 1 rings (SSSR count). The molecule has 2 amide bonds. The number of methoxy groups -OCH3 is 1. The summed E-state index contributed by atoms with van der Waals surface area (Å²) in [6.45, 7) is 4.55. The van der Waals surface area contributed by atoms with E-state index in [1.54, 1.807) is 6.92 Å². The van der Waals surface area contributed by atoms with Gasteiger partial charge in [-0.1, -0.05) is 6.92 Å². The second kappa shape index (κ2) is 7.11. The lowest BCUT2D eigenvalue weighted by molar-refractivity contribution is -0.146. The molecule has 19 heavy (non-hydrogen) atoms. The fourth-order valence-electron chi connectivity index (χ4n) is 1.87. The summed E-state index contributed by atoms with van der Waals surface area (Å²) in [6, 6.07) is 0. The van der Waals surface area contributed by atoms with Crippen molar-refractivity contribution < 1.29 is 19.1 Å². The van der Waals surface area contributed by atoms with Crippen molar-refractivity contribution in [2.45, 2.75) is 26.7 Å². The highest BCUT2D eigenvalue weighted by Gasteiger charge is 2.38.